The van der Waals surface area contributed by atoms with Crippen molar-refractivity contribution in [2.75, 3.05) is 44.2 Å². The largest absolute Gasteiger partial charge is 0.417 e. The molecule has 5 nitrogen and oxygen atoms in total. The lowest BCUT2D eigenvalue weighted by Crippen LogP contribution is -2.51. The molecule has 0 unspecified atom stereocenters. The monoisotopic (exact) mass is 362 g/mol. The van der Waals surface area contributed by atoms with Crippen LogP contribution < -0.4 is 10.2 Å². The number of pyridine rings is 1. The van der Waals surface area contributed by atoms with Gasteiger partial charge in [-0.25, -0.2) is 4.98 Å². The summed E-state index contributed by atoms with van der Waals surface area (Å²) in [6.07, 6.45) is -2.82. The van der Waals surface area contributed by atoms with E-state index < -0.39 is 11.7 Å². The van der Waals surface area contributed by atoms with E-state index in [0.717, 1.165) is 25.2 Å². The zero-order chi connectivity index (χ0) is 17.3. The normalized spacial score (nSPS) is 22.1. The van der Waals surface area contributed by atoms with Crippen LogP contribution in [0.3, 0.4) is 0 Å². The molecule has 0 saturated carbocycles. The fourth-order valence-corrected chi connectivity index (χ4v) is 3.37. The summed E-state index contributed by atoms with van der Waals surface area (Å²) in [7, 11) is 0. The topological polar surface area (TPSA) is 48.5 Å². The van der Waals surface area contributed by atoms with Gasteiger partial charge >= 0.3 is 6.18 Å². The standard InChI is InChI=1S/C15H18ClF3N4O/c16-12-7-11(15(17,18)19)9-21-13(12)22-3-5-23(6-4-22)14(24)10-1-2-20-8-10/h7,9-10,20H,1-6,8H2/t10-/m1/s1. The molecule has 24 heavy (non-hydrogen) atoms. The van der Waals surface area contributed by atoms with E-state index in [0.29, 0.717) is 38.5 Å². The molecule has 3 heterocycles. The summed E-state index contributed by atoms with van der Waals surface area (Å²) < 4.78 is 38.0. The van der Waals surface area contributed by atoms with Crippen LogP contribution in [0, 0.1) is 5.92 Å². The molecule has 1 atom stereocenters. The second-order valence-corrected chi connectivity index (χ2v) is 6.44. The molecule has 0 radical (unpaired) electrons. The van der Waals surface area contributed by atoms with Gasteiger partial charge in [-0.15, -0.1) is 0 Å². The summed E-state index contributed by atoms with van der Waals surface area (Å²) in [4.78, 5) is 19.9. The van der Waals surface area contributed by atoms with Crippen LogP contribution in [0.25, 0.3) is 0 Å². The van der Waals surface area contributed by atoms with Gasteiger partial charge in [-0.05, 0) is 19.0 Å². The molecular formula is C15H18ClF3N4O. The molecule has 2 saturated heterocycles. The van der Waals surface area contributed by atoms with Gasteiger partial charge in [0.1, 0.15) is 5.82 Å². The number of aromatic nitrogens is 1. The van der Waals surface area contributed by atoms with Gasteiger partial charge in [0.15, 0.2) is 0 Å². The average molecular weight is 363 g/mol. The molecule has 0 aromatic carbocycles. The van der Waals surface area contributed by atoms with E-state index in [1.807, 2.05) is 9.80 Å². The van der Waals surface area contributed by atoms with Crippen molar-refractivity contribution in [3.05, 3.63) is 22.8 Å². The van der Waals surface area contributed by atoms with Crippen molar-refractivity contribution in [2.45, 2.75) is 12.6 Å². The zero-order valence-corrected chi connectivity index (χ0v) is 13.7. The van der Waals surface area contributed by atoms with E-state index >= 15 is 0 Å². The third-order valence-corrected chi connectivity index (χ3v) is 4.73. The van der Waals surface area contributed by atoms with E-state index in [1.165, 1.54) is 0 Å². The molecule has 0 spiro atoms. The third kappa shape index (κ3) is 3.59. The number of nitrogens with zero attached hydrogens (tertiary/aromatic N) is 3. The number of piperazine rings is 1. The van der Waals surface area contributed by atoms with E-state index in [2.05, 4.69) is 10.3 Å². The summed E-state index contributed by atoms with van der Waals surface area (Å²) in [5, 5.41) is 3.15. The van der Waals surface area contributed by atoms with E-state index in [-0.39, 0.29) is 16.8 Å². The number of alkyl halides is 3. The number of hydrogen-bond donors (Lipinski definition) is 1. The number of nitrogens with one attached hydrogen (secondary N) is 1. The van der Waals surface area contributed by atoms with Crippen molar-refractivity contribution in [3.8, 4) is 0 Å². The molecule has 1 aromatic heterocycles. The summed E-state index contributed by atoms with van der Waals surface area (Å²) in [6.45, 7) is 3.63. The second-order valence-electron chi connectivity index (χ2n) is 6.03. The van der Waals surface area contributed by atoms with Crippen LogP contribution in [0.15, 0.2) is 12.3 Å². The molecule has 0 bridgehead atoms. The smallest absolute Gasteiger partial charge is 0.352 e. The maximum atomic E-state index is 12.7. The van der Waals surface area contributed by atoms with E-state index in [4.69, 9.17) is 11.6 Å². The van der Waals surface area contributed by atoms with Gasteiger partial charge in [0.25, 0.3) is 0 Å². The van der Waals surface area contributed by atoms with Gasteiger partial charge in [-0.3, -0.25) is 4.79 Å². The first kappa shape index (κ1) is 17.3. The lowest BCUT2D eigenvalue weighted by molar-refractivity contribution is -0.138. The quantitative estimate of drug-likeness (QED) is 0.874. The molecule has 9 heteroatoms. The Morgan fingerprint density at radius 3 is 2.54 bits per heavy atom. The minimum Gasteiger partial charge on any atom is -0.352 e. The molecule has 132 valence electrons. The van der Waals surface area contributed by atoms with Crippen LogP contribution in [0.1, 0.15) is 12.0 Å². The summed E-state index contributed by atoms with van der Waals surface area (Å²) in [6, 6.07) is 0.894. The second kappa shape index (κ2) is 6.76. The first-order chi connectivity index (χ1) is 11.4. The third-order valence-electron chi connectivity index (χ3n) is 4.45. The minimum atomic E-state index is -4.46. The minimum absolute atomic E-state index is 0.0235. The van der Waals surface area contributed by atoms with Crippen molar-refractivity contribution in [1.29, 1.82) is 0 Å². The first-order valence-corrected chi connectivity index (χ1v) is 8.21. The van der Waals surface area contributed by atoms with E-state index in [9.17, 15) is 18.0 Å². The fraction of sp³-hybridized carbons (Fsp3) is 0.600. The number of anilines is 1. The van der Waals surface area contributed by atoms with Crippen molar-refractivity contribution < 1.29 is 18.0 Å². The van der Waals surface area contributed by atoms with Crippen LogP contribution in [0.2, 0.25) is 5.02 Å². The molecule has 2 aliphatic heterocycles. The summed E-state index contributed by atoms with van der Waals surface area (Å²) >= 11 is 5.98. The predicted molar refractivity (Wildman–Crippen MR) is 84.0 cm³/mol. The van der Waals surface area contributed by atoms with Crippen molar-refractivity contribution >= 4 is 23.3 Å². The van der Waals surface area contributed by atoms with Crippen LogP contribution >= 0.6 is 11.6 Å². The molecule has 1 amide bonds. The molecule has 1 N–H and O–H groups in total. The lowest BCUT2D eigenvalue weighted by atomic mass is 10.1. The summed E-state index contributed by atoms with van der Waals surface area (Å²) in [5.41, 5.74) is -0.862. The number of carbonyl (C=O) groups excluding carboxylic acids is 1. The number of hydrogen-bond acceptors (Lipinski definition) is 4. The van der Waals surface area contributed by atoms with E-state index in [1.54, 1.807) is 0 Å². The molecule has 0 aliphatic carbocycles. The number of halogens is 4. The Morgan fingerprint density at radius 1 is 1.29 bits per heavy atom. The van der Waals surface area contributed by atoms with Crippen molar-refractivity contribution in [2.24, 2.45) is 5.92 Å². The molecule has 2 fully saturated rings. The number of amides is 1. The maximum Gasteiger partial charge on any atom is 0.417 e. The Hall–Kier alpha value is -1.54. The Balaban J connectivity index is 1.63. The van der Waals surface area contributed by atoms with Gasteiger partial charge in [0.05, 0.1) is 16.5 Å². The van der Waals surface area contributed by atoms with Crippen LogP contribution in [-0.4, -0.2) is 55.1 Å². The Bertz CT molecular complexity index is 611. The molecular weight excluding hydrogens is 345 g/mol. The predicted octanol–water partition coefficient (Wildman–Crippen LogP) is 2.01. The zero-order valence-electron chi connectivity index (χ0n) is 12.9. The summed E-state index contributed by atoms with van der Waals surface area (Å²) in [5.74, 6) is 0.509. The molecule has 1 aromatic rings. The highest BCUT2D eigenvalue weighted by Gasteiger charge is 2.33. The fourth-order valence-electron chi connectivity index (χ4n) is 3.08. The SMILES string of the molecule is O=C([C@@H]1CCNC1)N1CCN(c2ncc(C(F)(F)F)cc2Cl)CC1. The lowest BCUT2D eigenvalue weighted by Gasteiger charge is -2.36. The Labute approximate surface area is 142 Å². The molecule has 3 rings (SSSR count). The first-order valence-electron chi connectivity index (χ1n) is 7.83. The number of rotatable bonds is 2. The van der Waals surface area contributed by atoms with Gasteiger partial charge < -0.3 is 15.1 Å². The maximum absolute atomic E-state index is 12.7. The average Bonchev–Trinajstić information content (AvgIpc) is 3.08. The number of carbonyl (C=O) groups is 1. The van der Waals surface area contributed by atoms with Gasteiger partial charge in [0, 0.05) is 38.9 Å². The Kier molecular flexibility index (Phi) is 4.87. The van der Waals surface area contributed by atoms with Gasteiger partial charge in [-0.1, -0.05) is 11.6 Å². The van der Waals surface area contributed by atoms with Crippen LogP contribution in [0.4, 0.5) is 19.0 Å². The molecule has 2 aliphatic rings. The van der Waals surface area contributed by atoms with Crippen molar-refractivity contribution in [1.82, 2.24) is 15.2 Å². The van der Waals surface area contributed by atoms with Gasteiger partial charge in [-0.2, -0.15) is 13.2 Å². The van der Waals surface area contributed by atoms with Crippen LogP contribution in [0.5, 0.6) is 0 Å². The van der Waals surface area contributed by atoms with Crippen LogP contribution in [-0.2, 0) is 11.0 Å². The Morgan fingerprint density at radius 2 is 2.00 bits per heavy atom. The van der Waals surface area contributed by atoms with Gasteiger partial charge in [0.2, 0.25) is 5.91 Å². The van der Waals surface area contributed by atoms with Crippen molar-refractivity contribution in [3.63, 3.8) is 0 Å². The highest BCUT2D eigenvalue weighted by molar-refractivity contribution is 6.33. The highest BCUT2D eigenvalue weighted by atomic mass is 35.5. The highest BCUT2D eigenvalue weighted by Crippen LogP contribution is 2.33.